The number of nitrogens with one attached hydrogen (secondary N) is 2. The summed E-state index contributed by atoms with van der Waals surface area (Å²) in [6.45, 7) is 6.24. The molecule has 7 nitrogen and oxygen atoms in total. The molecule has 7 heteroatoms. The van der Waals surface area contributed by atoms with E-state index >= 15 is 0 Å². The largest absolute Gasteiger partial charge is 0.493 e. The maximum absolute atomic E-state index is 12.5. The highest BCUT2D eigenvalue weighted by atomic mass is 16.5. The molecule has 1 heterocycles. The zero-order valence-corrected chi connectivity index (χ0v) is 19.9. The van der Waals surface area contributed by atoms with Crippen molar-refractivity contribution < 1.29 is 23.8 Å². The first-order valence-electron chi connectivity index (χ1n) is 10.8. The van der Waals surface area contributed by atoms with Gasteiger partial charge in [-0.3, -0.25) is 9.59 Å². The molecule has 2 aromatic carbocycles. The van der Waals surface area contributed by atoms with Gasteiger partial charge in [-0.15, -0.1) is 0 Å². The maximum atomic E-state index is 12.5. The number of H-pyrrole nitrogens is 1. The van der Waals surface area contributed by atoms with E-state index in [1.165, 1.54) is 14.2 Å². The van der Waals surface area contributed by atoms with Gasteiger partial charge in [0.2, 0.25) is 11.7 Å². The summed E-state index contributed by atoms with van der Waals surface area (Å²) in [4.78, 5) is 28.0. The van der Waals surface area contributed by atoms with Crippen molar-refractivity contribution in [3.8, 4) is 17.2 Å². The van der Waals surface area contributed by atoms with E-state index < -0.39 is 0 Å². The highest BCUT2D eigenvalue weighted by molar-refractivity contribution is 6.09. The van der Waals surface area contributed by atoms with E-state index in [9.17, 15) is 9.59 Å². The van der Waals surface area contributed by atoms with E-state index in [2.05, 4.69) is 10.3 Å². The van der Waals surface area contributed by atoms with Gasteiger partial charge in [-0.2, -0.15) is 0 Å². The Hall–Kier alpha value is -3.74. The average Bonchev–Trinajstić information content (AvgIpc) is 3.27. The first-order chi connectivity index (χ1) is 16.0. The van der Waals surface area contributed by atoms with Gasteiger partial charge < -0.3 is 24.5 Å². The van der Waals surface area contributed by atoms with Crippen LogP contribution >= 0.6 is 0 Å². The third-order valence-electron chi connectivity index (χ3n) is 4.84. The van der Waals surface area contributed by atoms with Crippen molar-refractivity contribution in [3.63, 3.8) is 0 Å². The number of amides is 1. The molecular weight excluding hydrogens is 420 g/mol. The minimum absolute atomic E-state index is 0.0771. The molecule has 0 radical (unpaired) electrons. The average molecular weight is 453 g/mol. The molecule has 0 aliphatic carbocycles. The van der Waals surface area contributed by atoms with Gasteiger partial charge in [-0.1, -0.05) is 30.4 Å². The van der Waals surface area contributed by atoms with Crippen molar-refractivity contribution >= 4 is 22.6 Å². The molecule has 0 aliphatic heterocycles. The second-order valence-electron chi connectivity index (χ2n) is 7.05. The highest BCUT2D eigenvalue weighted by Crippen LogP contribution is 2.38. The molecule has 0 fully saturated rings. The van der Waals surface area contributed by atoms with E-state index in [-0.39, 0.29) is 24.7 Å². The lowest BCUT2D eigenvalue weighted by Gasteiger charge is -2.15. The number of para-hydroxylation sites is 1. The van der Waals surface area contributed by atoms with Gasteiger partial charge in [0, 0.05) is 22.7 Å². The lowest BCUT2D eigenvalue weighted by atomic mass is 10.1. The first-order valence-corrected chi connectivity index (χ1v) is 10.8. The Balaban J connectivity index is 0.000000890. The van der Waals surface area contributed by atoms with Crippen LogP contribution in [0.5, 0.6) is 17.2 Å². The van der Waals surface area contributed by atoms with Gasteiger partial charge in [-0.05, 0) is 44.5 Å². The second kappa shape index (κ2) is 13.0. The number of hydrogen-bond acceptors (Lipinski definition) is 5. The number of allylic oxidation sites excluding steroid dienone is 2. The summed E-state index contributed by atoms with van der Waals surface area (Å²) in [6.07, 6.45) is 5.75. The zero-order chi connectivity index (χ0) is 24.2. The van der Waals surface area contributed by atoms with Crippen LogP contribution in [0, 0.1) is 0 Å². The minimum atomic E-state index is -0.271. The lowest BCUT2D eigenvalue weighted by molar-refractivity contribution is -0.120. The Morgan fingerprint density at radius 3 is 2.36 bits per heavy atom. The fourth-order valence-corrected chi connectivity index (χ4v) is 3.17. The van der Waals surface area contributed by atoms with Crippen molar-refractivity contribution in [2.45, 2.75) is 27.2 Å². The number of ketones is 1. The van der Waals surface area contributed by atoms with E-state index in [1.807, 2.05) is 57.2 Å². The number of carbonyl (C=O) groups excluding carboxylic acids is 2. The van der Waals surface area contributed by atoms with Crippen LogP contribution < -0.4 is 19.5 Å². The number of methoxy groups -OCH3 is 2. The number of benzene rings is 2. The number of rotatable bonds is 9. The monoisotopic (exact) mass is 452 g/mol. The van der Waals surface area contributed by atoms with Crippen molar-refractivity contribution in [3.05, 3.63) is 65.9 Å². The van der Waals surface area contributed by atoms with E-state index in [4.69, 9.17) is 14.2 Å². The summed E-state index contributed by atoms with van der Waals surface area (Å²) >= 11 is 0. The molecule has 1 amide bonds. The summed E-state index contributed by atoms with van der Waals surface area (Å²) in [6, 6.07) is 11.0. The number of Topliss-reactive ketones (excluding diaryl/α,β-unsaturated/α-hetero) is 1. The van der Waals surface area contributed by atoms with Crippen LogP contribution in [0.3, 0.4) is 0 Å². The second-order valence-corrected chi connectivity index (χ2v) is 7.05. The predicted octanol–water partition coefficient (Wildman–Crippen LogP) is 4.71. The number of aromatic nitrogens is 1. The van der Waals surface area contributed by atoms with Crippen LogP contribution in [-0.4, -0.2) is 44.0 Å². The Labute approximate surface area is 194 Å². The van der Waals surface area contributed by atoms with Gasteiger partial charge in [-0.25, -0.2) is 0 Å². The quantitative estimate of drug-likeness (QED) is 0.363. The van der Waals surface area contributed by atoms with Crippen LogP contribution in [0.2, 0.25) is 0 Å². The fourth-order valence-electron chi connectivity index (χ4n) is 3.17. The maximum Gasteiger partial charge on any atom is 0.224 e. The highest BCUT2D eigenvalue weighted by Gasteiger charge is 2.17. The Kier molecular flexibility index (Phi) is 10.0. The molecule has 0 saturated carbocycles. The summed E-state index contributed by atoms with van der Waals surface area (Å²) in [7, 11) is 3.06. The van der Waals surface area contributed by atoms with Gasteiger partial charge in [0.15, 0.2) is 17.3 Å². The molecule has 33 heavy (non-hydrogen) atoms. The van der Waals surface area contributed by atoms with Crippen LogP contribution in [0.15, 0.2) is 54.7 Å². The van der Waals surface area contributed by atoms with Gasteiger partial charge >= 0.3 is 0 Å². The Morgan fingerprint density at radius 2 is 1.73 bits per heavy atom. The van der Waals surface area contributed by atoms with E-state index in [0.29, 0.717) is 35.0 Å². The van der Waals surface area contributed by atoms with E-state index in [1.54, 1.807) is 18.3 Å². The van der Waals surface area contributed by atoms with Crippen molar-refractivity contribution in [2.75, 3.05) is 27.4 Å². The molecule has 1 aromatic heterocycles. The lowest BCUT2D eigenvalue weighted by Crippen LogP contribution is -2.30. The Morgan fingerprint density at radius 1 is 1.03 bits per heavy atom. The topological polar surface area (TPSA) is 89.7 Å². The molecule has 2 N–H and O–H groups in total. The number of hydrogen-bond donors (Lipinski definition) is 2. The summed E-state index contributed by atoms with van der Waals surface area (Å²) < 4.78 is 16.3. The third kappa shape index (κ3) is 6.87. The molecule has 0 aliphatic rings. The number of fused-ring (bicyclic) bond motifs is 1. The van der Waals surface area contributed by atoms with Gasteiger partial charge in [0.05, 0.1) is 33.8 Å². The SMILES string of the molecule is C/C=C\C.CCOc1cc(CC(=O)NCC(=O)c2c[nH]c3ccccc23)cc(OC)c1OC. The normalized spacial score (nSPS) is 10.5. The van der Waals surface area contributed by atoms with Crippen molar-refractivity contribution in [1.29, 1.82) is 0 Å². The smallest absolute Gasteiger partial charge is 0.224 e. The predicted molar refractivity (Wildman–Crippen MR) is 131 cm³/mol. The minimum Gasteiger partial charge on any atom is -0.493 e. The summed E-state index contributed by atoms with van der Waals surface area (Å²) in [5.41, 5.74) is 2.14. The van der Waals surface area contributed by atoms with Gasteiger partial charge in [0.1, 0.15) is 0 Å². The van der Waals surface area contributed by atoms with E-state index in [0.717, 1.165) is 10.9 Å². The Bertz CT molecular complexity index is 1100. The van der Waals surface area contributed by atoms with Gasteiger partial charge in [0.25, 0.3) is 0 Å². The molecule has 176 valence electrons. The molecular formula is C26H32N2O5. The number of carbonyl (C=O) groups is 2. The number of aromatic amines is 1. The zero-order valence-electron chi connectivity index (χ0n) is 19.9. The standard InChI is InChI=1S/C22H24N2O5.C4H8/c1-4-29-20-10-14(9-19(27-2)22(20)28-3)11-21(26)24-13-18(25)16-12-23-17-8-6-5-7-15(16)17;1-3-4-2/h5-10,12,23H,4,11,13H2,1-3H3,(H,24,26);3-4H,1-2H3/b;4-3-. The molecule has 3 aromatic rings. The molecule has 0 bridgehead atoms. The van der Waals surface area contributed by atoms with Crippen molar-refractivity contribution in [2.24, 2.45) is 0 Å². The first kappa shape index (κ1) is 25.5. The van der Waals surface area contributed by atoms with Crippen molar-refractivity contribution in [1.82, 2.24) is 10.3 Å². The summed E-state index contributed by atoms with van der Waals surface area (Å²) in [5, 5.41) is 3.53. The molecule has 0 spiro atoms. The third-order valence-corrected chi connectivity index (χ3v) is 4.84. The number of ether oxygens (including phenoxy) is 3. The molecule has 0 saturated heterocycles. The van der Waals surface area contributed by atoms with Crippen LogP contribution in [0.25, 0.3) is 10.9 Å². The summed E-state index contributed by atoms with van der Waals surface area (Å²) in [5.74, 6) is 1.04. The fraction of sp³-hybridized carbons (Fsp3) is 0.308. The molecule has 0 atom stereocenters. The van der Waals surface area contributed by atoms with Crippen LogP contribution in [0.4, 0.5) is 0 Å². The molecule has 3 rings (SSSR count). The van der Waals surface area contributed by atoms with Crippen LogP contribution in [-0.2, 0) is 11.2 Å². The van der Waals surface area contributed by atoms with Crippen LogP contribution in [0.1, 0.15) is 36.7 Å². The molecule has 0 unspecified atom stereocenters.